The molecule has 0 bridgehead atoms. The minimum Gasteiger partial charge on any atom is -0.273 e. The van der Waals surface area contributed by atoms with Crippen molar-refractivity contribution >= 4 is 45.1 Å². The maximum Gasteiger partial charge on any atom is 0.196 e. The summed E-state index contributed by atoms with van der Waals surface area (Å²) in [5.41, 5.74) is 2.08. The molecule has 0 aliphatic heterocycles. The van der Waals surface area contributed by atoms with Crippen molar-refractivity contribution in [3.05, 3.63) is 60.4 Å². The van der Waals surface area contributed by atoms with Crippen LogP contribution < -0.4 is 0 Å². The number of thioether (sulfide) groups is 2. The Hall–Kier alpha value is -2.34. The molecule has 0 amide bonds. The fraction of sp³-hybridized carbons (Fsp3) is 0.238. The maximum atomic E-state index is 8.85. The Morgan fingerprint density at radius 1 is 1.10 bits per heavy atom. The van der Waals surface area contributed by atoms with Crippen LogP contribution in [0.1, 0.15) is 25.6 Å². The lowest BCUT2D eigenvalue weighted by Crippen LogP contribution is -2.04. The molecule has 4 rings (SSSR count). The number of benzene rings is 2. The van der Waals surface area contributed by atoms with Gasteiger partial charge >= 0.3 is 0 Å². The van der Waals surface area contributed by atoms with E-state index in [1.165, 1.54) is 4.70 Å². The van der Waals surface area contributed by atoms with E-state index in [0.717, 1.165) is 32.9 Å². The summed E-state index contributed by atoms with van der Waals surface area (Å²) >= 11 is 5.06. The maximum absolute atomic E-state index is 8.85. The Bertz CT molecular complexity index is 1100. The SMILES string of the molecule is C[C@@H](CCC#N)Sc1nnc(CSc2nc3ccccc3s2)n1-c1ccccc1. The second-order valence-electron chi connectivity index (χ2n) is 6.43. The number of aromatic nitrogens is 4. The Morgan fingerprint density at radius 3 is 2.69 bits per heavy atom. The number of rotatable bonds is 8. The van der Waals surface area contributed by atoms with E-state index in [0.29, 0.717) is 17.4 Å². The van der Waals surface area contributed by atoms with Gasteiger partial charge in [0.15, 0.2) is 9.50 Å². The van der Waals surface area contributed by atoms with Crippen molar-refractivity contribution in [1.29, 1.82) is 5.26 Å². The minimum atomic E-state index is 0.297. The van der Waals surface area contributed by atoms with E-state index < -0.39 is 0 Å². The Morgan fingerprint density at radius 2 is 1.90 bits per heavy atom. The van der Waals surface area contributed by atoms with E-state index in [1.54, 1.807) is 34.9 Å². The van der Waals surface area contributed by atoms with E-state index in [1.807, 2.05) is 36.4 Å². The highest BCUT2D eigenvalue weighted by atomic mass is 32.2. The van der Waals surface area contributed by atoms with E-state index in [-0.39, 0.29) is 0 Å². The van der Waals surface area contributed by atoms with Gasteiger partial charge in [0.2, 0.25) is 0 Å². The number of fused-ring (bicyclic) bond motifs is 1. The first-order valence-corrected chi connectivity index (χ1v) is 11.9. The zero-order valence-electron chi connectivity index (χ0n) is 15.9. The van der Waals surface area contributed by atoms with Crippen molar-refractivity contribution in [2.24, 2.45) is 0 Å². The van der Waals surface area contributed by atoms with Gasteiger partial charge in [0.1, 0.15) is 5.82 Å². The number of nitriles is 1. The van der Waals surface area contributed by atoms with Crippen LogP contribution in [0.4, 0.5) is 0 Å². The largest absolute Gasteiger partial charge is 0.273 e. The normalized spacial score (nSPS) is 12.1. The molecule has 2 aromatic heterocycles. The molecular formula is C21H19N5S3. The molecule has 0 radical (unpaired) electrons. The van der Waals surface area contributed by atoms with Crippen LogP contribution in [0.5, 0.6) is 0 Å². The van der Waals surface area contributed by atoms with Gasteiger partial charge in [-0.3, -0.25) is 4.57 Å². The number of nitrogens with zero attached hydrogens (tertiary/aromatic N) is 5. The molecule has 146 valence electrons. The van der Waals surface area contributed by atoms with Gasteiger partial charge in [0, 0.05) is 17.4 Å². The third kappa shape index (κ3) is 4.81. The van der Waals surface area contributed by atoms with E-state index >= 15 is 0 Å². The van der Waals surface area contributed by atoms with Crippen LogP contribution in [0.15, 0.2) is 64.1 Å². The van der Waals surface area contributed by atoms with Gasteiger partial charge in [0.05, 0.1) is 22.0 Å². The number of para-hydroxylation sites is 2. The summed E-state index contributed by atoms with van der Waals surface area (Å²) in [6, 6.07) is 20.6. The molecule has 0 N–H and O–H groups in total. The Kier molecular flexibility index (Phi) is 6.49. The first-order valence-electron chi connectivity index (χ1n) is 9.26. The van der Waals surface area contributed by atoms with Gasteiger partial charge in [-0.2, -0.15) is 5.26 Å². The fourth-order valence-corrected chi connectivity index (χ4v) is 5.83. The third-order valence-corrected chi connectivity index (χ3v) is 7.57. The van der Waals surface area contributed by atoms with E-state index in [4.69, 9.17) is 10.2 Å². The Labute approximate surface area is 182 Å². The highest BCUT2D eigenvalue weighted by Crippen LogP contribution is 2.33. The molecular weight excluding hydrogens is 418 g/mol. The van der Waals surface area contributed by atoms with E-state index in [2.05, 4.69) is 46.0 Å². The van der Waals surface area contributed by atoms with Crippen LogP contribution >= 0.6 is 34.9 Å². The van der Waals surface area contributed by atoms with Crippen LogP contribution in [0.3, 0.4) is 0 Å². The lowest BCUT2D eigenvalue weighted by Gasteiger charge is -2.12. The number of hydrogen-bond acceptors (Lipinski definition) is 7. The van der Waals surface area contributed by atoms with Crippen LogP contribution in [-0.4, -0.2) is 25.0 Å². The first-order chi connectivity index (χ1) is 14.2. The summed E-state index contributed by atoms with van der Waals surface area (Å²) < 4.78 is 4.35. The number of thiazole rings is 1. The monoisotopic (exact) mass is 437 g/mol. The molecule has 2 aromatic carbocycles. The van der Waals surface area contributed by atoms with Crippen molar-refractivity contribution in [1.82, 2.24) is 19.7 Å². The number of hydrogen-bond donors (Lipinski definition) is 0. The van der Waals surface area contributed by atoms with Gasteiger partial charge in [-0.05, 0) is 30.7 Å². The molecule has 0 fully saturated rings. The lowest BCUT2D eigenvalue weighted by atomic mass is 10.3. The molecule has 0 spiro atoms. The first kappa shape index (κ1) is 20.0. The van der Waals surface area contributed by atoms with Crippen molar-refractivity contribution in [3.63, 3.8) is 0 Å². The predicted molar refractivity (Wildman–Crippen MR) is 121 cm³/mol. The second-order valence-corrected chi connectivity index (χ2v) is 10.1. The van der Waals surface area contributed by atoms with Crippen molar-refractivity contribution in [2.45, 2.75) is 40.3 Å². The van der Waals surface area contributed by atoms with Crippen molar-refractivity contribution < 1.29 is 0 Å². The molecule has 8 heteroatoms. The summed E-state index contributed by atoms with van der Waals surface area (Å²) in [5, 5.41) is 18.9. The van der Waals surface area contributed by atoms with Gasteiger partial charge in [-0.1, -0.05) is 60.8 Å². The summed E-state index contributed by atoms with van der Waals surface area (Å²) in [4.78, 5) is 4.71. The molecule has 4 aromatic rings. The molecule has 0 saturated carbocycles. The van der Waals surface area contributed by atoms with Crippen LogP contribution in [0.2, 0.25) is 0 Å². The molecule has 0 aliphatic rings. The van der Waals surface area contributed by atoms with Crippen molar-refractivity contribution in [2.75, 3.05) is 0 Å². The lowest BCUT2D eigenvalue weighted by molar-refractivity contribution is 0.814. The van der Waals surface area contributed by atoms with Crippen molar-refractivity contribution in [3.8, 4) is 11.8 Å². The molecule has 29 heavy (non-hydrogen) atoms. The molecule has 0 unspecified atom stereocenters. The minimum absolute atomic E-state index is 0.297. The van der Waals surface area contributed by atoms with Gasteiger partial charge in [0.25, 0.3) is 0 Å². The topological polar surface area (TPSA) is 67.4 Å². The van der Waals surface area contributed by atoms with Crippen LogP contribution in [-0.2, 0) is 5.75 Å². The highest BCUT2D eigenvalue weighted by Gasteiger charge is 2.18. The highest BCUT2D eigenvalue weighted by molar-refractivity contribution is 8.00. The van der Waals surface area contributed by atoms with Crippen LogP contribution in [0, 0.1) is 11.3 Å². The summed E-state index contributed by atoms with van der Waals surface area (Å²) in [6.45, 7) is 2.13. The average Bonchev–Trinajstić information content (AvgIpc) is 3.34. The Balaban J connectivity index is 1.58. The van der Waals surface area contributed by atoms with Gasteiger partial charge in [-0.25, -0.2) is 4.98 Å². The summed E-state index contributed by atoms with van der Waals surface area (Å²) in [7, 11) is 0. The molecule has 1 atom stereocenters. The summed E-state index contributed by atoms with van der Waals surface area (Å²) in [5.74, 6) is 1.59. The van der Waals surface area contributed by atoms with Gasteiger partial charge in [-0.15, -0.1) is 21.5 Å². The zero-order chi connectivity index (χ0) is 20.1. The van der Waals surface area contributed by atoms with Gasteiger partial charge < -0.3 is 0 Å². The molecule has 2 heterocycles. The molecule has 0 saturated heterocycles. The standard InChI is InChI=1S/C21H19N5S3/c1-15(8-7-13-22)28-20-25-24-19(26(20)16-9-3-2-4-10-16)14-27-21-23-17-11-5-6-12-18(17)29-21/h2-6,9-12,15H,7-8,14H2,1H3/t15-/m0/s1. The van der Waals surface area contributed by atoms with E-state index in [9.17, 15) is 0 Å². The quantitative estimate of drug-likeness (QED) is 0.317. The second kappa shape index (κ2) is 9.44. The third-order valence-electron chi connectivity index (χ3n) is 4.28. The smallest absolute Gasteiger partial charge is 0.196 e. The molecule has 5 nitrogen and oxygen atoms in total. The van der Waals surface area contributed by atoms with Crippen LogP contribution in [0.25, 0.3) is 15.9 Å². The predicted octanol–water partition coefficient (Wildman–Crippen LogP) is 5.95. The zero-order valence-corrected chi connectivity index (χ0v) is 18.3. The summed E-state index contributed by atoms with van der Waals surface area (Å²) in [6.07, 6.45) is 1.38. The average molecular weight is 438 g/mol. The molecule has 0 aliphatic carbocycles. The fourth-order valence-electron chi connectivity index (χ4n) is 2.85.